The smallest absolute Gasteiger partial charge is 0.309 e. The Hall–Kier alpha value is -2.69. The summed E-state index contributed by atoms with van der Waals surface area (Å²) >= 11 is 0. The molecule has 0 bridgehead atoms. The molecule has 0 radical (unpaired) electrons. The van der Waals surface area contributed by atoms with Crippen LogP contribution in [0.1, 0.15) is 272 Å². The SMILES string of the molecule is CCCCCCCCCCC(CCCCCCCC)CC(CC(=O)O)C(=O)OCC(COC(=O)C(CC(=O)O)CC(CCCCCCCC)CCCCCCCCCC)OC(=O)CCCN(C)C. The Kier molecular flexibility index (Phi) is 44.8. The standard InChI is InChI=1S/C57H107NO10/c1-7-11-15-19-23-25-29-33-38-48(36-31-27-21-17-13-9-3)42-50(44-53(59)60)56(64)66-46-52(68-55(63)40-35-41-58(5)6)47-67-57(65)51(45-54(61)62)43-49(37-32-28-22-18-14-10-4)39-34-30-26-24-20-16-12-8-2/h48-52H,7-47H2,1-6H3,(H,59,60)(H,61,62). The highest BCUT2D eigenvalue weighted by molar-refractivity contribution is 5.80. The first kappa shape index (κ1) is 65.3. The van der Waals surface area contributed by atoms with Crippen molar-refractivity contribution in [2.75, 3.05) is 33.9 Å². The van der Waals surface area contributed by atoms with Crippen molar-refractivity contribution in [3.8, 4) is 0 Å². The number of ether oxygens (including phenoxy) is 3. The Balaban J connectivity index is 6.03. The lowest BCUT2D eigenvalue weighted by Gasteiger charge is -2.25. The van der Waals surface area contributed by atoms with Crippen molar-refractivity contribution in [1.82, 2.24) is 4.90 Å². The van der Waals surface area contributed by atoms with Crippen LogP contribution < -0.4 is 0 Å². The number of carboxylic acids is 2. The number of unbranched alkanes of at least 4 members (excludes halogenated alkanes) is 24. The highest BCUT2D eigenvalue weighted by Crippen LogP contribution is 2.30. The van der Waals surface area contributed by atoms with E-state index in [4.69, 9.17) is 14.2 Å². The molecule has 0 spiro atoms. The molecule has 0 amide bonds. The van der Waals surface area contributed by atoms with Gasteiger partial charge in [0.15, 0.2) is 6.10 Å². The molecular formula is C57H107NO10. The van der Waals surface area contributed by atoms with E-state index >= 15 is 0 Å². The summed E-state index contributed by atoms with van der Waals surface area (Å²) < 4.78 is 17.4. The van der Waals surface area contributed by atoms with Crippen molar-refractivity contribution in [2.24, 2.45) is 23.7 Å². The number of esters is 3. The number of hydrogen-bond acceptors (Lipinski definition) is 9. The molecule has 4 atom stereocenters. The van der Waals surface area contributed by atoms with Gasteiger partial charge in [0, 0.05) is 6.42 Å². The Labute approximate surface area is 417 Å². The molecule has 0 aromatic rings. The van der Waals surface area contributed by atoms with Crippen LogP contribution in [0.4, 0.5) is 0 Å². The molecular weight excluding hydrogens is 859 g/mol. The van der Waals surface area contributed by atoms with Gasteiger partial charge in [-0.2, -0.15) is 0 Å². The molecule has 0 fully saturated rings. The van der Waals surface area contributed by atoms with E-state index in [1.54, 1.807) is 0 Å². The van der Waals surface area contributed by atoms with Crippen LogP contribution in [-0.2, 0) is 38.2 Å². The van der Waals surface area contributed by atoms with Crippen LogP contribution in [0.3, 0.4) is 0 Å². The third-order valence-electron chi connectivity index (χ3n) is 13.7. The quantitative estimate of drug-likeness (QED) is 0.0340. The number of hydrogen-bond donors (Lipinski definition) is 2. The van der Waals surface area contributed by atoms with Crippen LogP contribution in [0, 0.1) is 23.7 Å². The molecule has 0 aromatic heterocycles. The number of carbonyl (C=O) groups is 5. The maximum Gasteiger partial charge on any atom is 0.309 e. The summed E-state index contributed by atoms with van der Waals surface area (Å²) in [5.41, 5.74) is 0. The fourth-order valence-electron chi connectivity index (χ4n) is 9.56. The van der Waals surface area contributed by atoms with Crippen LogP contribution in [0.2, 0.25) is 0 Å². The summed E-state index contributed by atoms with van der Waals surface area (Å²) in [6.07, 6.45) is 36.5. The van der Waals surface area contributed by atoms with Crippen molar-refractivity contribution in [2.45, 2.75) is 278 Å². The van der Waals surface area contributed by atoms with Gasteiger partial charge in [0.1, 0.15) is 13.2 Å². The van der Waals surface area contributed by atoms with Gasteiger partial charge in [-0.15, -0.1) is 0 Å². The molecule has 0 saturated carbocycles. The Morgan fingerprint density at radius 1 is 0.426 bits per heavy atom. The van der Waals surface area contributed by atoms with Crippen molar-refractivity contribution >= 4 is 29.8 Å². The van der Waals surface area contributed by atoms with E-state index in [2.05, 4.69) is 27.7 Å². The molecule has 0 aromatic carbocycles. The summed E-state index contributed by atoms with van der Waals surface area (Å²) in [6.45, 7) is 8.73. The molecule has 68 heavy (non-hydrogen) atoms. The lowest BCUT2D eigenvalue weighted by atomic mass is 9.85. The van der Waals surface area contributed by atoms with E-state index < -0.39 is 61.0 Å². The lowest BCUT2D eigenvalue weighted by Crippen LogP contribution is -2.34. The fourth-order valence-corrected chi connectivity index (χ4v) is 9.56. The van der Waals surface area contributed by atoms with Crippen LogP contribution in [0.15, 0.2) is 0 Å². The van der Waals surface area contributed by atoms with Crippen molar-refractivity contribution in [3.05, 3.63) is 0 Å². The van der Waals surface area contributed by atoms with Crippen molar-refractivity contribution in [1.29, 1.82) is 0 Å². The van der Waals surface area contributed by atoms with Gasteiger partial charge in [-0.3, -0.25) is 24.0 Å². The summed E-state index contributed by atoms with van der Waals surface area (Å²) in [5, 5.41) is 19.9. The summed E-state index contributed by atoms with van der Waals surface area (Å²) in [5.74, 6) is -5.33. The summed E-state index contributed by atoms with van der Waals surface area (Å²) in [7, 11) is 3.82. The number of carboxylic acid groups (broad SMARTS) is 2. The van der Waals surface area contributed by atoms with Gasteiger partial charge in [0.2, 0.25) is 0 Å². The van der Waals surface area contributed by atoms with Crippen molar-refractivity contribution in [3.63, 3.8) is 0 Å². The third-order valence-corrected chi connectivity index (χ3v) is 13.7. The van der Waals surface area contributed by atoms with E-state index in [9.17, 15) is 34.2 Å². The van der Waals surface area contributed by atoms with Crippen LogP contribution in [-0.4, -0.2) is 84.9 Å². The van der Waals surface area contributed by atoms with Gasteiger partial charge in [0.25, 0.3) is 0 Å². The van der Waals surface area contributed by atoms with Crippen LogP contribution in [0.25, 0.3) is 0 Å². The predicted molar refractivity (Wildman–Crippen MR) is 278 cm³/mol. The molecule has 400 valence electrons. The predicted octanol–water partition coefficient (Wildman–Crippen LogP) is 15.1. The van der Waals surface area contributed by atoms with Gasteiger partial charge >= 0.3 is 29.8 Å². The zero-order valence-electron chi connectivity index (χ0n) is 45.0. The summed E-state index contributed by atoms with van der Waals surface area (Å²) in [6, 6.07) is 0. The molecule has 2 N–H and O–H groups in total. The number of nitrogens with zero attached hydrogens (tertiary/aromatic N) is 1. The maximum atomic E-state index is 13.8. The monoisotopic (exact) mass is 966 g/mol. The minimum atomic E-state index is -1.13. The minimum Gasteiger partial charge on any atom is -0.481 e. The van der Waals surface area contributed by atoms with E-state index in [0.29, 0.717) is 25.8 Å². The topological polar surface area (TPSA) is 157 Å². The van der Waals surface area contributed by atoms with Gasteiger partial charge in [-0.05, 0) is 51.7 Å². The average Bonchev–Trinajstić information content (AvgIpc) is 3.29. The first-order chi connectivity index (χ1) is 32.9. The second-order valence-corrected chi connectivity index (χ2v) is 20.7. The van der Waals surface area contributed by atoms with E-state index in [-0.39, 0.29) is 31.1 Å². The van der Waals surface area contributed by atoms with Gasteiger partial charge < -0.3 is 29.3 Å². The highest BCUT2D eigenvalue weighted by Gasteiger charge is 2.31. The zero-order valence-corrected chi connectivity index (χ0v) is 45.0. The second kappa shape index (κ2) is 46.7. The first-order valence-corrected chi connectivity index (χ1v) is 28.5. The molecule has 0 saturated heterocycles. The molecule has 0 aliphatic heterocycles. The van der Waals surface area contributed by atoms with Gasteiger partial charge in [-0.25, -0.2) is 0 Å². The maximum absolute atomic E-state index is 13.8. The Morgan fingerprint density at radius 2 is 0.721 bits per heavy atom. The fraction of sp³-hybridized carbons (Fsp3) is 0.912. The molecule has 0 aliphatic carbocycles. The largest absolute Gasteiger partial charge is 0.481 e. The molecule has 0 aliphatic rings. The second-order valence-electron chi connectivity index (χ2n) is 20.7. The van der Waals surface area contributed by atoms with E-state index in [1.807, 2.05) is 19.0 Å². The van der Waals surface area contributed by atoms with E-state index in [0.717, 1.165) is 77.0 Å². The normalized spacial score (nSPS) is 13.8. The minimum absolute atomic E-state index is 0.109. The highest BCUT2D eigenvalue weighted by atomic mass is 16.6. The van der Waals surface area contributed by atoms with Gasteiger partial charge in [-0.1, -0.05) is 233 Å². The molecule has 4 unspecified atom stereocenters. The van der Waals surface area contributed by atoms with E-state index in [1.165, 1.54) is 128 Å². The third kappa shape index (κ3) is 41.1. The molecule has 0 heterocycles. The molecule has 11 nitrogen and oxygen atoms in total. The number of aliphatic carboxylic acids is 2. The Morgan fingerprint density at radius 3 is 1.00 bits per heavy atom. The number of rotatable bonds is 51. The molecule has 11 heteroatoms. The number of carbonyl (C=O) groups excluding carboxylic acids is 3. The molecule has 0 rings (SSSR count). The Bertz CT molecular complexity index is 1150. The summed E-state index contributed by atoms with van der Waals surface area (Å²) in [4.78, 5) is 67.0. The average molecular weight is 966 g/mol. The first-order valence-electron chi connectivity index (χ1n) is 28.5. The van der Waals surface area contributed by atoms with Crippen molar-refractivity contribution < 1.29 is 48.4 Å². The van der Waals surface area contributed by atoms with Gasteiger partial charge in [0.05, 0.1) is 24.7 Å². The lowest BCUT2D eigenvalue weighted by molar-refractivity contribution is -0.171. The van der Waals surface area contributed by atoms with Crippen LogP contribution in [0.5, 0.6) is 0 Å². The zero-order chi connectivity index (χ0) is 50.5. The van der Waals surface area contributed by atoms with Crippen LogP contribution >= 0.6 is 0 Å².